The summed E-state index contributed by atoms with van der Waals surface area (Å²) in [7, 11) is -1.22. The summed E-state index contributed by atoms with van der Waals surface area (Å²) in [6, 6.07) is 4.54. The van der Waals surface area contributed by atoms with Crippen molar-refractivity contribution < 1.29 is 0 Å². The van der Waals surface area contributed by atoms with Crippen molar-refractivity contribution in [1.82, 2.24) is 4.34 Å². The summed E-state index contributed by atoms with van der Waals surface area (Å²) in [4.78, 5) is 0. The van der Waals surface area contributed by atoms with E-state index >= 15 is 0 Å². The zero-order valence-electron chi connectivity index (χ0n) is 14.9. The average molecular weight is 320 g/mol. The number of hydrogen-bond acceptors (Lipinski definition) is 0. The van der Waals surface area contributed by atoms with Crippen LogP contribution in [0.15, 0.2) is 24.5 Å². The van der Waals surface area contributed by atoms with Crippen LogP contribution in [0.1, 0.15) is 85.0 Å². The minimum absolute atomic E-state index is 0.427. The molecule has 0 aromatic carbocycles. The Morgan fingerprint density at radius 1 is 0.727 bits per heavy atom. The first-order valence-corrected chi connectivity index (χ1v) is 11.5. The van der Waals surface area contributed by atoms with Gasteiger partial charge in [0.2, 0.25) is 0 Å². The van der Waals surface area contributed by atoms with Gasteiger partial charge in [-0.25, -0.2) is 4.34 Å². The number of rotatable bonds is 3. The van der Waals surface area contributed by atoms with E-state index in [9.17, 15) is 0 Å². The Bertz CT molecular complexity index is 427. The van der Waals surface area contributed by atoms with Gasteiger partial charge < -0.3 is 0 Å². The Morgan fingerprint density at radius 3 is 1.50 bits per heavy atom. The lowest BCUT2D eigenvalue weighted by Crippen LogP contribution is -2.41. The maximum atomic E-state index is 2.76. The van der Waals surface area contributed by atoms with E-state index in [4.69, 9.17) is 0 Å². The highest BCUT2D eigenvalue weighted by atomic mass is 31.2. The van der Waals surface area contributed by atoms with Gasteiger partial charge in [0.1, 0.15) is 7.41 Å². The van der Waals surface area contributed by atoms with Crippen molar-refractivity contribution in [2.45, 2.75) is 101 Å². The predicted octanol–water partition coefficient (Wildman–Crippen LogP) is 6.73. The highest BCUT2D eigenvalue weighted by molar-refractivity contribution is 7.77. The van der Waals surface area contributed by atoms with Crippen molar-refractivity contribution in [3.63, 3.8) is 0 Å². The molecule has 1 heterocycles. The fraction of sp³-hybridized carbons (Fsp3) is 0.800. The summed E-state index contributed by atoms with van der Waals surface area (Å²) < 4.78 is 2.76. The van der Waals surface area contributed by atoms with Crippen LogP contribution in [0, 0.1) is 0 Å². The fourth-order valence-electron chi connectivity index (χ4n) is 5.61. The van der Waals surface area contributed by atoms with Gasteiger partial charge in [0, 0.05) is 12.4 Å². The zero-order valence-corrected chi connectivity index (χ0v) is 15.8. The topological polar surface area (TPSA) is 4.93 Å². The van der Waals surface area contributed by atoms with Crippen LogP contribution in [0.5, 0.6) is 0 Å². The smallest absolute Gasteiger partial charge is 0.121 e. The van der Waals surface area contributed by atoms with Crippen molar-refractivity contribution >= 4 is 7.41 Å². The van der Waals surface area contributed by atoms with E-state index in [-0.39, 0.29) is 0 Å². The van der Waals surface area contributed by atoms with Crippen LogP contribution in [-0.2, 0) is 0 Å². The summed E-state index contributed by atoms with van der Waals surface area (Å²) >= 11 is 0. The number of hydrogen-bond donors (Lipinski definition) is 0. The van der Waals surface area contributed by atoms with Crippen LogP contribution in [0.2, 0.25) is 0 Å². The molecule has 2 aliphatic carbocycles. The lowest BCUT2D eigenvalue weighted by atomic mass is 9.99. The molecule has 0 saturated heterocycles. The molecular weight excluding hydrogens is 285 g/mol. The van der Waals surface area contributed by atoms with Gasteiger partial charge in [0.15, 0.2) is 0 Å². The molecule has 0 aliphatic heterocycles. The monoisotopic (exact) mass is 320 g/mol. The quantitative estimate of drug-likeness (QED) is 0.544. The summed E-state index contributed by atoms with van der Waals surface area (Å²) in [5.41, 5.74) is 1.94. The second kappa shape index (κ2) is 6.68. The largest absolute Gasteiger partial charge is 0.232 e. The second-order valence-corrected chi connectivity index (χ2v) is 13.3. The molecule has 0 N–H and O–H groups in total. The molecule has 0 unspecified atom stereocenters. The molecule has 2 aliphatic rings. The maximum Gasteiger partial charge on any atom is 0.121 e. The Balaban J connectivity index is 2.08. The maximum absolute atomic E-state index is 2.76. The Labute approximate surface area is 138 Å². The summed E-state index contributed by atoms with van der Waals surface area (Å²) in [5, 5.41) is 0.427. The average Bonchev–Trinajstić information content (AvgIpc) is 3.03. The first-order chi connectivity index (χ1) is 10.6. The van der Waals surface area contributed by atoms with Gasteiger partial charge in [-0.1, -0.05) is 12.8 Å². The molecule has 2 fully saturated rings. The molecule has 3 rings (SSSR count). The van der Waals surface area contributed by atoms with Crippen molar-refractivity contribution in [3.8, 4) is 0 Å². The van der Waals surface area contributed by atoms with Gasteiger partial charge in [0.05, 0.1) is 16.5 Å². The third kappa shape index (κ3) is 2.79. The van der Waals surface area contributed by atoms with Crippen LogP contribution >= 0.6 is 7.41 Å². The summed E-state index contributed by atoms with van der Waals surface area (Å²) in [5.74, 6) is 0. The molecule has 2 saturated carbocycles. The van der Waals surface area contributed by atoms with Gasteiger partial charge in [-0.2, -0.15) is 0 Å². The summed E-state index contributed by atoms with van der Waals surface area (Å²) in [6.07, 6.45) is 19.6. The van der Waals surface area contributed by atoms with Crippen molar-refractivity contribution in [2.75, 3.05) is 0 Å². The van der Waals surface area contributed by atoms with E-state index in [1.165, 1.54) is 64.2 Å². The molecule has 0 atom stereocenters. The van der Waals surface area contributed by atoms with E-state index in [1.807, 2.05) is 0 Å². The van der Waals surface area contributed by atoms with E-state index < -0.39 is 7.41 Å². The molecular formula is C20H35NP+. The van der Waals surface area contributed by atoms with Gasteiger partial charge in [-0.3, -0.25) is 0 Å². The molecule has 1 nitrogen and oxygen atoms in total. The molecule has 2 heteroatoms. The standard InChI is InChI=1S/C20H35NP/c1-20(2,3)22(21-16-10-11-17-21,18-12-6-4-7-13-18)19-14-8-5-9-15-19/h10-11,16-19H,4-9,12-15H2,1-3H3/q+1. The molecule has 0 radical (unpaired) electrons. The highest BCUT2D eigenvalue weighted by Crippen LogP contribution is 2.79. The Kier molecular flexibility index (Phi) is 5.03. The van der Waals surface area contributed by atoms with Crippen LogP contribution in [0.4, 0.5) is 0 Å². The van der Waals surface area contributed by atoms with Gasteiger partial charge >= 0.3 is 0 Å². The number of aromatic nitrogens is 1. The number of nitrogens with zero attached hydrogens (tertiary/aromatic N) is 1. The first-order valence-electron chi connectivity index (χ1n) is 9.59. The van der Waals surface area contributed by atoms with E-state index in [1.54, 1.807) is 0 Å². The normalized spacial score (nSPS) is 22.9. The molecule has 0 spiro atoms. The predicted molar refractivity (Wildman–Crippen MR) is 100 cm³/mol. The lowest BCUT2D eigenvalue weighted by Gasteiger charge is -2.50. The third-order valence-electron chi connectivity index (χ3n) is 6.31. The van der Waals surface area contributed by atoms with Crippen molar-refractivity contribution in [3.05, 3.63) is 24.5 Å². The van der Waals surface area contributed by atoms with Crippen LogP contribution in [-0.4, -0.2) is 20.8 Å². The molecule has 124 valence electrons. The minimum Gasteiger partial charge on any atom is -0.232 e. The molecule has 0 amide bonds. The van der Waals surface area contributed by atoms with Crippen LogP contribution in [0.25, 0.3) is 0 Å². The van der Waals surface area contributed by atoms with Crippen molar-refractivity contribution in [1.29, 1.82) is 0 Å². The summed E-state index contributed by atoms with van der Waals surface area (Å²) in [6.45, 7) is 7.68. The van der Waals surface area contributed by atoms with Crippen LogP contribution < -0.4 is 0 Å². The van der Waals surface area contributed by atoms with Gasteiger partial charge in [0.25, 0.3) is 0 Å². The molecule has 0 bridgehead atoms. The fourth-order valence-corrected chi connectivity index (χ4v) is 12.7. The van der Waals surface area contributed by atoms with E-state index in [2.05, 4.69) is 49.6 Å². The van der Waals surface area contributed by atoms with Gasteiger partial charge in [-0.15, -0.1) is 0 Å². The zero-order chi connectivity index (χ0) is 15.6. The SMILES string of the molecule is CC(C)(C)[P+](C1CCCCC1)(C1CCCCC1)n1cccc1. The lowest BCUT2D eigenvalue weighted by molar-refractivity contribution is 0.462. The first kappa shape index (κ1) is 16.6. The van der Waals surface area contributed by atoms with Crippen LogP contribution in [0.3, 0.4) is 0 Å². The molecule has 22 heavy (non-hydrogen) atoms. The Hall–Kier alpha value is -0.290. The van der Waals surface area contributed by atoms with E-state index in [0.717, 1.165) is 11.3 Å². The molecule has 1 aromatic rings. The third-order valence-corrected chi connectivity index (χ3v) is 12.7. The van der Waals surface area contributed by atoms with Crippen molar-refractivity contribution in [2.24, 2.45) is 0 Å². The minimum atomic E-state index is -1.22. The Morgan fingerprint density at radius 2 is 1.14 bits per heavy atom. The molecule has 1 aromatic heterocycles. The second-order valence-electron chi connectivity index (χ2n) is 8.56. The van der Waals surface area contributed by atoms with Gasteiger partial charge in [-0.05, 0) is 84.3 Å². The van der Waals surface area contributed by atoms with E-state index in [0.29, 0.717) is 5.16 Å². The highest BCUT2D eigenvalue weighted by Gasteiger charge is 2.61.